The number of nitrogens with two attached hydrogens (primary N) is 1. The van der Waals surface area contributed by atoms with Crippen LogP contribution in [0.4, 0.5) is 0 Å². The van der Waals surface area contributed by atoms with Crippen molar-refractivity contribution in [3.05, 3.63) is 22.2 Å². The second kappa shape index (κ2) is 7.80. The lowest BCUT2D eigenvalue weighted by Crippen LogP contribution is -2.07. The normalized spacial score (nSPS) is 11.6. The van der Waals surface area contributed by atoms with Crippen LogP contribution in [-0.2, 0) is 0 Å². The number of halogens is 2. The van der Waals surface area contributed by atoms with Crippen LogP contribution in [0, 0.1) is 0 Å². The monoisotopic (exact) mass is 323 g/mol. The maximum absolute atomic E-state index is 5.87. The fourth-order valence-corrected chi connectivity index (χ4v) is 1.83. The quantitative estimate of drug-likeness (QED) is 0.898. The van der Waals surface area contributed by atoms with Crippen LogP contribution >= 0.6 is 28.3 Å². The molecule has 0 aliphatic rings. The molecule has 0 saturated heterocycles. The summed E-state index contributed by atoms with van der Waals surface area (Å²) in [6, 6.07) is 3.85. The number of hydrogen-bond donors (Lipinski definition) is 1. The first kappa shape index (κ1) is 16.6. The van der Waals surface area contributed by atoms with Crippen LogP contribution in [0.3, 0.4) is 0 Å². The fourth-order valence-electron chi connectivity index (χ4n) is 1.38. The minimum Gasteiger partial charge on any atom is -0.493 e. The Morgan fingerprint density at radius 2 is 1.59 bits per heavy atom. The molecule has 0 amide bonds. The van der Waals surface area contributed by atoms with E-state index in [9.17, 15) is 0 Å². The Balaban J connectivity index is 0.00000256. The van der Waals surface area contributed by atoms with Gasteiger partial charge in [-0.3, -0.25) is 0 Å². The van der Waals surface area contributed by atoms with Gasteiger partial charge in [-0.1, -0.05) is 0 Å². The van der Waals surface area contributed by atoms with E-state index in [1.807, 2.05) is 32.9 Å². The van der Waals surface area contributed by atoms with E-state index >= 15 is 0 Å². The third kappa shape index (κ3) is 4.37. The van der Waals surface area contributed by atoms with Crippen LogP contribution < -0.4 is 15.2 Å². The maximum atomic E-state index is 5.87. The second-order valence-electron chi connectivity index (χ2n) is 3.49. The number of benzene rings is 1. The van der Waals surface area contributed by atoms with Gasteiger partial charge >= 0.3 is 0 Å². The molecule has 0 saturated carbocycles. The maximum Gasteiger partial charge on any atom is 0.137 e. The topological polar surface area (TPSA) is 44.5 Å². The highest BCUT2D eigenvalue weighted by molar-refractivity contribution is 9.10. The van der Waals surface area contributed by atoms with Crippen molar-refractivity contribution in [3.63, 3.8) is 0 Å². The van der Waals surface area contributed by atoms with Gasteiger partial charge in [0.1, 0.15) is 16.0 Å². The summed E-state index contributed by atoms with van der Waals surface area (Å²) < 4.78 is 11.9. The van der Waals surface area contributed by atoms with E-state index in [1.54, 1.807) is 0 Å². The Bertz CT molecular complexity index is 331. The predicted molar refractivity (Wildman–Crippen MR) is 76.3 cm³/mol. The minimum atomic E-state index is -0.0356. The molecule has 3 nitrogen and oxygen atoms in total. The molecule has 0 aliphatic heterocycles. The van der Waals surface area contributed by atoms with Gasteiger partial charge in [-0.05, 0) is 54.4 Å². The van der Waals surface area contributed by atoms with Crippen molar-refractivity contribution in [2.45, 2.75) is 26.8 Å². The molecular weight excluding hydrogens is 305 g/mol. The molecule has 5 heteroatoms. The summed E-state index contributed by atoms with van der Waals surface area (Å²) in [5.74, 6) is 1.56. The van der Waals surface area contributed by atoms with E-state index < -0.39 is 0 Å². The number of rotatable bonds is 5. The number of ether oxygens (including phenoxy) is 2. The molecule has 0 aromatic heterocycles. The summed E-state index contributed by atoms with van der Waals surface area (Å²) in [5.41, 5.74) is 6.88. The second-order valence-corrected chi connectivity index (χ2v) is 4.28. The predicted octanol–water partition coefficient (Wildman–Crippen LogP) is 3.69. The SMILES string of the molecule is CCOc1cc([C@H](C)N)cc(OCC)c1Br.Cl. The van der Waals surface area contributed by atoms with E-state index in [4.69, 9.17) is 15.2 Å². The molecule has 0 radical (unpaired) electrons. The van der Waals surface area contributed by atoms with Crippen LogP contribution in [0.2, 0.25) is 0 Å². The molecule has 98 valence electrons. The van der Waals surface area contributed by atoms with Gasteiger partial charge in [-0.25, -0.2) is 0 Å². The Labute approximate surface area is 117 Å². The summed E-state index contributed by atoms with van der Waals surface area (Å²) in [5, 5.41) is 0. The molecule has 1 rings (SSSR count). The first-order valence-electron chi connectivity index (χ1n) is 5.44. The molecule has 0 bridgehead atoms. The highest BCUT2D eigenvalue weighted by atomic mass is 79.9. The Kier molecular flexibility index (Phi) is 7.59. The summed E-state index contributed by atoms with van der Waals surface area (Å²) >= 11 is 3.48. The lowest BCUT2D eigenvalue weighted by atomic mass is 10.1. The molecule has 1 aromatic rings. The standard InChI is InChI=1S/C12H18BrNO2.ClH/c1-4-15-10-6-9(8(3)14)7-11(12(10)13)16-5-2;/h6-8H,4-5,14H2,1-3H3;1H/t8-;/m0./s1. The summed E-state index contributed by atoms with van der Waals surface area (Å²) in [7, 11) is 0. The van der Waals surface area contributed by atoms with Gasteiger partial charge in [0.25, 0.3) is 0 Å². The molecule has 1 atom stereocenters. The van der Waals surface area contributed by atoms with Gasteiger partial charge < -0.3 is 15.2 Å². The lowest BCUT2D eigenvalue weighted by molar-refractivity contribution is 0.318. The lowest BCUT2D eigenvalue weighted by Gasteiger charge is -2.15. The molecule has 0 heterocycles. The first-order chi connectivity index (χ1) is 7.60. The Hall–Kier alpha value is -0.450. The fraction of sp³-hybridized carbons (Fsp3) is 0.500. The van der Waals surface area contributed by atoms with E-state index in [0.717, 1.165) is 21.5 Å². The van der Waals surface area contributed by atoms with Crippen molar-refractivity contribution in [2.75, 3.05) is 13.2 Å². The molecule has 0 aliphatic carbocycles. The van der Waals surface area contributed by atoms with Crippen molar-refractivity contribution in [3.8, 4) is 11.5 Å². The highest BCUT2D eigenvalue weighted by Crippen LogP contribution is 2.37. The molecule has 17 heavy (non-hydrogen) atoms. The highest BCUT2D eigenvalue weighted by Gasteiger charge is 2.12. The molecule has 0 unspecified atom stereocenters. The largest absolute Gasteiger partial charge is 0.493 e. The first-order valence-corrected chi connectivity index (χ1v) is 6.24. The minimum absolute atomic E-state index is 0. The zero-order valence-electron chi connectivity index (χ0n) is 10.3. The van der Waals surface area contributed by atoms with Gasteiger partial charge in [0.2, 0.25) is 0 Å². The van der Waals surface area contributed by atoms with E-state index in [-0.39, 0.29) is 18.4 Å². The van der Waals surface area contributed by atoms with Gasteiger partial charge in [0.15, 0.2) is 0 Å². The Morgan fingerprint density at radius 1 is 1.18 bits per heavy atom. The molecular formula is C12H19BrClNO2. The van der Waals surface area contributed by atoms with E-state index in [0.29, 0.717) is 13.2 Å². The third-order valence-corrected chi connectivity index (χ3v) is 2.94. The average molecular weight is 325 g/mol. The van der Waals surface area contributed by atoms with Crippen molar-refractivity contribution in [2.24, 2.45) is 5.73 Å². The van der Waals surface area contributed by atoms with Crippen molar-refractivity contribution < 1.29 is 9.47 Å². The van der Waals surface area contributed by atoms with Gasteiger partial charge in [0, 0.05) is 6.04 Å². The van der Waals surface area contributed by atoms with Crippen LogP contribution in [0.25, 0.3) is 0 Å². The molecule has 0 fully saturated rings. The van der Waals surface area contributed by atoms with E-state index in [1.165, 1.54) is 0 Å². The van der Waals surface area contributed by atoms with Crippen LogP contribution in [0.5, 0.6) is 11.5 Å². The molecule has 2 N–H and O–H groups in total. The summed E-state index contributed by atoms with van der Waals surface area (Å²) in [4.78, 5) is 0. The Morgan fingerprint density at radius 3 is 1.88 bits per heavy atom. The van der Waals surface area contributed by atoms with Crippen molar-refractivity contribution in [1.29, 1.82) is 0 Å². The van der Waals surface area contributed by atoms with Gasteiger partial charge in [-0.15, -0.1) is 12.4 Å². The summed E-state index contributed by atoms with van der Waals surface area (Å²) in [6.07, 6.45) is 0. The third-order valence-electron chi connectivity index (χ3n) is 2.15. The smallest absolute Gasteiger partial charge is 0.137 e. The van der Waals surface area contributed by atoms with E-state index in [2.05, 4.69) is 15.9 Å². The zero-order valence-corrected chi connectivity index (χ0v) is 12.7. The van der Waals surface area contributed by atoms with Gasteiger partial charge in [0.05, 0.1) is 13.2 Å². The van der Waals surface area contributed by atoms with Crippen LogP contribution in [0.1, 0.15) is 32.4 Å². The number of hydrogen-bond acceptors (Lipinski definition) is 3. The van der Waals surface area contributed by atoms with Gasteiger partial charge in [-0.2, -0.15) is 0 Å². The van der Waals surface area contributed by atoms with Crippen LogP contribution in [0.15, 0.2) is 16.6 Å². The summed E-state index contributed by atoms with van der Waals surface area (Å²) in [6.45, 7) is 7.07. The van der Waals surface area contributed by atoms with Crippen molar-refractivity contribution >= 4 is 28.3 Å². The van der Waals surface area contributed by atoms with Crippen LogP contribution in [-0.4, -0.2) is 13.2 Å². The average Bonchev–Trinajstić information content (AvgIpc) is 2.24. The van der Waals surface area contributed by atoms with Crippen molar-refractivity contribution in [1.82, 2.24) is 0 Å². The molecule has 1 aromatic carbocycles. The zero-order chi connectivity index (χ0) is 12.1. The molecule has 0 spiro atoms.